The molecule has 0 radical (unpaired) electrons. The lowest BCUT2D eigenvalue weighted by Gasteiger charge is -2.17. The maximum atomic E-state index is 14.8. The van der Waals surface area contributed by atoms with Crippen molar-refractivity contribution in [3.8, 4) is 28.4 Å². The van der Waals surface area contributed by atoms with Crippen LogP contribution < -0.4 is 10.3 Å². The Hall–Kier alpha value is -3.24. The van der Waals surface area contributed by atoms with Crippen LogP contribution in [0.2, 0.25) is 0 Å². The average molecular weight is 494 g/mol. The topological polar surface area (TPSA) is 106 Å². The van der Waals surface area contributed by atoms with Gasteiger partial charge in [0, 0.05) is 48.7 Å². The molecule has 2 N–H and O–H groups in total. The third-order valence-electron chi connectivity index (χ3n) is 5.34. The highest BCUT2D eigenvalue weighted by Crippen LogP contribution is 2.40. The number of aliphatic hydroxyl groups is 1. The van der Waals surface area contributed by atoms with E-state index in [0.717, 1.165) is 12.1 Å². The van der Waals surface area contributed by atoms with Crippen molar-refractivity contribution < 1.29 is 32.1 Å². The van der Waals surface area contributed by atoms with Crippen molar-refractivity contribution in [1.29, 1.82) is 0 Å². The Morgan fingerprint density at radius 2 is 1.79 bits per heavy atom. The first-order valence-electron chi connectivity index (χ1n) is 10.6. The maximum absolute atomic E-state index is 14.8. The number of sulfone groups is 1. The number of aromatic hydroxyl groups is 1. The Balaban J connectivity index is 2.20. The summed E-state index contributed by atoms with van der Waals surface area (Å²) in [5.74, 6) is -2.59. The minimum atomic E-state index is -3.64. The molecule has 0 fully saturated rings. The van der Waals surface area contributed by atoms with Crippen LogP contribution in [0.5, 0.6) is 17.2 Å². The molecule has 1 aromatic heterocycles. The molecule has 182 valence electrons. The fourth-order valence-electron chi connectivity index (χ4n) is 3.45. The lowest BCUT2D eigenvalue weighted by Crippen LogP contribution is -2.14. The highest BCUT2D eigenvalue weighted by Gasteiger charge is 2.21. The number of benzene rings is 2. The van der Waals surface area contributed by atoms with Gasteiger partial charge >= 0.3 is 0 Å². The van der Waals surface area contributed by atoms with E-state index in [2.05, 4.69) is 0 Å². The van der Waals surface area contributed by atoms with Gasteiger partial charge in [0.25, 0.3) is 5.56 Å². The molecule has 34 heavy (non-hydrogen) atoms. The molecule has 0 aliphatic heterocycles. The average Bonchev–Trinajstić information content (AvgIpc) is 2.78. The highest BCUT2D eigenvalue weighted by molar-refractivity contribution is 7.91. The van der Waals surface area contributed by atoms with E-state index in [1.165, 1.54) is 42.9 Å². The normalized spacial score (nSPS) is 11.6. The minimum absolute atomic E-state index is 0.00193. The van der Waals surface area contributed by atoms with Crippen molar-refractivity contribution in [3.05, 3.63) is 70.1 Å². The first kappa shape index (κ1) is 25.4. The molecule has 10 heteroatoms. The molecule has 1 heterocycles. The summed E-state index contributed by atoms with van der Waals surface area (Å²) < 4.78 is 60.6. The van der Waals surface area contributed by atoms with Crippen LogP contribution in [0.15, 0.2) is 52.3 Å². The number of aryl methyl sites for hydroxylation is 2. The van der Waals surface area contributed by atoms with Gasteiger partial charge < -0.3 is 19.5 Å². The molecule has 0 aliphatic carbocycles. The van der Waals surface area contributed by atoms with E-state index < -0.39 is 32.8 Å². The van der Waals surface area contributed by atoms with Gasteiger partial charge in [0.1, 0.15) is 17.3 Å². The molecule has 2 aromatic carbocycles. The van der Waals surface area contributed by atoms with Gasteiger partial charge in [-0.2, -0.15) is 0 Å². The number of ether oxygens (including phenoxy) is 1. The van der Waals surface area contributed by atoms with E-state index in [4.69, 9.17) is 9.84 Å². The molecule has 3 rings (SSSR count). The minimum Gasteiger partial charge on any atom is -0.507 e. The predicted molar refractivity (Wildman–Crippen MR) is 123 cm³/mol. The first-order chi connectivity index (χ1) is 16.1. The largest absolute Gasteiger partial charge is 0.507 e. The maximum Gasteiger partial charge on any atom is 0.254 e. The van der Waals surface area contributed by atoms with E-state index in [9.17, 15) is 27.1 Å². The number of hydrogen-bond donors (Lipinski definition) is 2. The van der Waals surface area contributed by atoms with Crippen molar-refractivity contribution in [3.63, 3.8) is 0 Å². The van der Waals surface area contributed by atoms with Gasteiger partial charge in [-0.1, -0.05) is 6.92 Å². The number of halogens is 2. The van der Waals surface area contributed by atoms with Crippen LogP contribution in [0, 0.1) is 11.6 Å². The number of unbranched alkanes of at least 4 members (excludes halogenated alkanes) is 1. The molecule has 0 spiro atoms. The van der Waals surface area contributed by atoms with Crippen molar-refractivity contribution in [2.24, 2.45) is 7.05 Å². The Kier molecular flexibility index (Phi) is 7.73. The summed E-state index contributed by atoms with van der Waals surface area (Å²) >= 11 is 0. The predicted octanol–water partition coefficient (Wildman–Crippen LogP) is 3.94. The van der Waals surface area contributed by atoms with E-state index in [1.54, 1.807) is 0 Å². The van der Waals surface area contributed by atoms with Crippen LogP contribution in [0.1, 0.15) is 25.3 Å². The Bertz CT molecular complexity index is 1370. The molecule has 0 unspecified atom stereocenters. The van der Waals surface area contributed by atoms with Crippen LogP contribution in [0.3, 0.4) is 0 Å². The van der Waals surface area contributed by atoms with Crippen LogP contribution >= 0.6 is 0 Å². The lowest BCUT2D eigenvalue weighted by molar-refractivity contribution is 0.284. The standard InChI is InChI=1S/C24H25F2NO6S/c1-3-34(31,32)17-7-8-22(18(12-17)19-14-27(2)23(30)13-21(19)29)33-24-15(6-4-5-9-28)10-16(25)11-20(24)26/h7-8,10-14,28-29H,3-6,9H2,1-2H3. The van der Waals surface area contributed by atoms with Crippen LogP contribution in [-0.4, -0.2) is 35.6 Å². The van der Waals surface area contributed by atoms with E-state index in [-0.39, 0.29) is 51.9 Å². The summed E-state index contributed by atoms with van der Waals surface area (Å²) in [5.41, 5.74) is -0.0640. The second-order valence-electron chi connectivity index (χ2n) is 7.74. The van der Waals surface area contributed by atoms with E-state index in [1.807, 2.05) is 0 Å². The van der Waals surface area contributed by atoms with E-state index >= 15 is 0 Å². The third-order valence-corrected chi connectivity index (χ3v) is 7.07. The molecular weight excluding hydrogens is 468 g/mol. The number of pyridine rings is 1. The lowest BCUT2D eigenvalue weighted by atomic mass is 10.0. The number of aromatic nitrogens is 1. The first-order valence-corrected chi connectivity index (χ1v) is 12.3. The molecule has 0 aliphatic rings. The molecule has 3 aromatic rings. The van der Waals surface area contributed by atoms with E-state index in [0.29, 0.717) is 18.9 Å². The van der Waals surface area contributed by atoms with Crippen LogP contribution in [-0.2, 0) is 23.3 Å². The number of nitrogens with zero attached hydrogens (tertiary/aromatic N) is 1. The smallest absolute Gasteiger partial charge is 0.254 e. The van der Waals surface area contributed by atoms with Gasteiger partial charge in [-0.3, -0.25) is 4.79 Å². The quantitative estimate of drug-likeness (QED) is 0.438. The summed E-state index contributed by atoms with van der Waals surface area (Å²) in [7, 11) is -2.18. The zero-order valence-corrected chi connectivity index (χ0v) is 19.5. The second-order valence-corrected chi connectivity index (χ2v) is 10.0. The van der Waals surface area contributed by atoms with Crippen molar-refractivity contribution in [2.75, 3.05) is 12.4 Å². The van der Waals surface area contributed by atoms with Gasteiger partial charge in [-0.15, -0.1) is 0 Å². The van der Waals surface area contributed by atoms with Gasteiger partial charge in [0.2, 0.25) is 0 Å². The van der Waals surface area contributed by atoms with Gasteiger partial charge in [0.15, 0.2) is 21.4 Å². The van der Waals surface area contributed by atoms with Crippen molar-refractivity contribution in [1.82, 2.24) is 4.57 Å². The summed E-state index contributed by atoms with van der Waals surface area (Å²) in [5, 5.41) is 19.5. The van der Waals surface area contributed by atoms with Gasteiger partial charge in [0.05, 0.1) is 10.6 Å². The molecule has 0 atom stereocenters. The number of hydrogen-bond acceptors (Lipinski definition) is 6. The second kappa shape index (κ2) is 10.4. The summed E-state index contributed by atoms with van der Waals surface area (Å²) in [4.78, 5) is 11.8. The zero-order valence-electron chi connectivity index (χ0n) is 18.7. The fraction of sp³-hybridized carbons (Fsp3) is 0.292. The highest BCUT2D eigenvalue weighted by atomic mass is 32.2. The molecule has 0 amide bonds. The summed E-state index contributed by atoms with van der Waals surface area (Å²) in [6.45, 7) is 1.41. The monoisotopic (exact) mass is 493 g/mol. The molecular formula is C24H25F2NO6S. The fourth-order valence-corrected chi connectivity index (χ4v) is 4.35. The van der Waals surface area contributed by atoms with Gasteiger partial charge in [-0.25, -0.2) is 17.2 Å². The molecule has 7 nitrogen and oxygen atoms in total. The number of rotatable bonds is 9. The Labute approximate surface area is 195 Å². The zero-order chi connectivity index (χ0) is 25.0. The Morgan fingerprint density at radius 3 is 2.47 bits per heavy atom. The van der Waals surface area contributed by atoms with Crippen LogP contribution in [0.25, 0.3) is 11.1 Å². The molecule has 0 bridgehead atoms. The SMILES string of the molecule is CCS(=O)(=O)c1ccc(Oc2c(F)cc(F)cc2CCCCO)c(-c2cn(C)c(=O)cc2O)c1. The van der Waals surface area contributed by atoms with Crippen molar-refractivity contribution >= 4 is 9.84 Å². The third kappa shape index (κ3) is 5.45. The summed E-state index contributed by atoms with van der Waals surface area (Å²) in [6.07, 6.45) is 2.43. The molecule has 0 saturated carbocycles. The van der Waals surface area contributed by atoms with Crippen molar-refractivity contribution in [2.45, 2.75) is 31.1 Å². The van der Waals surface area contributed by atoms with Crippen LogP contribution in [0.4, 0.5) is 8.78 Å². The molecule has 0 saturated heterocycles. The van der Waals surface area contributed by atoms with Gasteiger partial charge in [-0.05, 0) is 43.5 Å². The Morgan fingerprint density at radius 1 is 1.06 bits per heavy atom. The number of aliphatic hydroxyl groups excluding tert-OH is 1. The summed E-state index contributed by atoms with van der Waals surface area (Å²) in [6, 6.07) is 6.67.